The Balaban J connectivity index is 1.72. The van der Waals surface area contributed by atoms with Gasteiger partial charge in [-0.1, -0.05) is 36.9 Å². The molecule has 0 aliphatic heterocycles. The zero-order valence-electron chi connectivity index (χ0n) is 18.0. The van der Waals surface area contributed by atoms with E-state index < -0.39 is 0 Å². The maximum absolute atomic E-state index is 13.0. The lowest BCUT2D eigenvalue weighted by molar-refractivity contribution is 0.102. The maximum atomic E-state index is 13.0. The third kappa shape index (κ3) is 3.61. The van der Waals surface area contributed by atoms with E-state index in [1.54, 1.807) is 4.57 Å². The monoisotopic (exact) mass is 435 g/mol. The highest BCUT2D eigenvalue weighted by atomic mass is 32.2. The van der Waals surface area contributed by atoms with Crippen molar-refractivity contribution in [1.82, 2.24) is 23.7 Å². The summed E-state index contributed by atoms with van der Waals surface area (Å²) < 4.78 is 5.61. The summed E-state index contributed by atoms with van der Waals surface area (Å²) in [5, 5.41) is 9.82. The molecule has 0 bridgehead atoms. The van der Waals surface area contributed by atoms with Crippen molar-refractivity contribution in [3.8, 4) is 0 Å². The van der Waals surface area contributed by atoms with E-state index in [0.29, 0.717) is 35.0 Å². The minimum Gasteiger partial charge on any atom is -0.345 e. The quantitative estimate of drug-likeness (QED) is 0.237. The number of nitrogens with zero attached hydrogens (tertiary/aromatic N) is 5. The Morgan fingerprint density at radius 3 is 2.71 bits per heavy atom. The molecular weight excluding hydrogens is 410 g/mol. The van der Waals surface area contributed by atoms with Gasteiger partial charge in [-0.15, -0.1) is 16.8 Å². The molecule has 4 rings (SSSR count). The van der Waals surface area contributed by atoms with E-state index in [-0.39, 0.29) is 17.1 Å². The number of hydrogen-bond donors (Lipinski definition) is 0. The van der Waals surface area contributed by atoms with Crippen LogP contribution < -0.4 is 5.56 Å². The van der Waals surface area contributed by atoms with Crippen molar-refractivity contribution in [2.24, 2.45) is 0 Å². The summed E-state index contributed by atoms with van der Waals surface area (Å²) in [5.74, 6) is 0.779. The molecule has 1 aromatic carbocycles. The van der Waals surface area contributed by atoms with E-state index >= 15 is 0 Å². The summed E-state index contributed by atoms with van der Waals surface area (Å²) >= 11 is 1.34. The van der Waals surface area contributed by atoms with Crippen LogP contribution in [-0.2, 0) is 13.1 Å². The van der Waals surface area contributed by atoms with Crippen molar-refractivity contribution < 1.29 is 4.79 Å². The van der Waals surface area contributed by atoms with Crippen LogP contribution in [0.15, 0.2) is 52.9 Å². The van der Waals surface area contributed by atoms with Crippen molar-refractivity contribution in [2.75, 3.05) is 5.75 Å². The largest absolute Gasteiger partial charge is 0.345 e. The van der Waals surface area contributed by atoms with E-state index in [9.17, 15) is 9.59 Å². The Morgan fingerprint density at radius 2 is 1.97 bits per heavy atom. The number of fused-ring (bicyclic) bond motifs is 3. The highest BCUT2D eigenvalue weighted by Gasteiger charge is 2.19. The molecule has 0 fully saturated rings. The Kier molecular flexibility index (Phi) is 5.82. The van der Waals surface area contributed by atoms with Crippen molar-refractivity contribution in [1.29, 1.82) is 0 Å². The van der Waals surface area contributed by atoms with E-state index in [4.69, 9.17) is 0 Å². The van der Waals surface area contributed by atoms with Crippen LogP contribution in [0.3, 0.4) is 0 Å². The van der Waals surface area contributed by atoms with Crippen LogP contribution in [0.2, 0.25) is 0 Å². The molecule has 0 amide bonds. The SMILES string of the molecule is C=CCn1c(C)cc(C(=O)CSc2nnc3n(CCC)c(=O)c4ccccc4n23)c1C. The van der Waals surface area contributed by atoms with Crippen molar-refractivity contribution in [3.05, 3.63) is 70.3 Å². The summed E-state index contributed by atoms with van der Waals surface area (Å²) in [7, 11) is 0. The Labute approximate surface area is 184 Å². The number of thioether (sulfide) groups is 1. The van der Waals surface area contributed by atoms with Crippen molar-refractivity contribution in [3.63, 3.8) is 0 Å². The molecule has 4 aromatic rings. The molecule has 3 aromatic heterocycles. The molecule has 31 heavy (non-hydrogen) atoms. The molecule has 3 heterocycles. The van der Waals surface area contributed by atoms with Crippen LogP contribution in [0.4, 0.5) is 0 Å². The number of aromatic nitrogens is 5. The molecule has 0 saturated heterocycles. The highest BCUT2D eigenvalue weighted by molar-refractivity contribution is 7.99. The van der Waals surface area contributed by atoms with Gasteiger partial charge in [0.15, 0.2) is 10.9 Å². The predicted molar refractivity (Wildman–Crippen MR) is 124 cm³/mol. The summed E-state index contributed by atoms with van der Waals surface area (Å²) in [6.45, 7) is 11.0. The lowest BCUT2D eigenvalue weighted by Crippen LogP contribution is -2.23. The van der Waals surface area contributed by atoms with Gasteiger partial charge in [-0.05, 0) is 38.5 Å². The van der Waals surface area contributed by atoms with E-state index in [1.165, 1.54) is 11.8 Å². The number of carbonyl (C=O) groups is 1. The fraction of sp³-hybridized carbons (Fsp3) is 0.304. The lowest BCUT2D eigenvalue weighted by atomic mass is 10.2. The average Bonchev–Trinajstić information content (AvgIpc) is 3.31. The van der Waals surface area contributed by atoms with Crippen LogP contribution in [0, 0.1) is 13.8 Å². The minimum absolute atomic E-state index is 0.0383. The molecule has 0 unspecified atom stereocenters. The molecule has 0 spiro atoms. The molecule has 0 radical (unpaired) electrons. The van der Waals surface area contributed by atoms with Crippen LogP contribution in [0.1, 0.15) is 35.1 Å². The van der Waals surface area contributed by atoms with E-state index in [0.717, 1.165) is 23.3 Å². The zero-order chi connectivity index (χ0) is 22.1. The Bertz CT molecular complexity index is 1360. The molecule has 0 N–H and O–H groups in total. The number of ketones is 1. The summed E-state index contributed by atoms with van der Waals surface area (Å²) in [6.07, 6.45) is 2.63. The Morgan fingerprint density at radius 1 is 1.19 bits per heavy atom. The Hall–Kier alpha value is -3.13. The second-order valence-corrected chi connectivity index (χ2v) is 8.43. The van der Waals surface area contributed by atoms with Gasteiger partial charge in [0.05, 0.1) is 16.7 Å². The van der Waals surface area contributed by atoms with Crippen LogP contribution in [-0.4, -0.2) is 35.3 Å². The van der Waals surface area contributed by atoms with Crippen molar-refractivity contribution >= 4 is 34.2 Å². The first-order chi connectivity index (χ1) is 15.0. The molecular formula is C23H25N5O2S. The van der Waals surface area contributed by atoms with Crippen LogP contribution in [0.25, 0.3) is 16.7 Å². The predicted octanol–water partition coefficient (Wildman–Crippen LogP) is 4.03. The lowest BCUT2D eigenvalue weighted by Gasteiger charge is -2.10. The van der Waals surface area contributed by atoms with Gasteiger partial charge in [0, 0.05) is 30.0 Å². The summed E-state index contributed by atoms with van der Waals surface area (Å²) in [4.78, 5) is 25.9. The maximum Gasteiger partial charge on any atom is 0.262 e. The number of carbonyl (C=O) groups excluding carboxylic acids is 1. The van der Waals surface area contributed by atoms with Crippen LogP contribution >= 0.6 is 11.8 Å². The fourth-order valence-corrected chi connectivity index (χ4v) is 4.78. The third-order valence-corrected chi connectivity index (χ3v) is 6.37. The zero-order valence-corrected chi connectivity index (χ0v) is 18.8. The molecule has 0 aliphatic carbocycles. The molecule has 0 saturated carbocycles. The first kappa shape index (κ1) is 21.1. The fourth-order valence-electron chi connectivity index (χ4n) is 3.95. The number of hydrogen-bond acceptors (Lipinski definition) is 5. The number of Topliss-reactive ketones (excluding diaryl/α,β-unsaturated/α-hetero) is 1. The van der Waals surface area contributed by atoms with Gasteiger partial charge in [-0.25, -0.2) is 0 Å². The van der Waals surface area contributed by atoms with Gasteiger partial charge in [0.2, 0.25) is 5.78 Å². The number of rotatable bonds is 8. The molecule has 0 aliphatic rings. The molecule has 7 nitrogen and oxygen atoms in total. The molecule has 160 valence electrons. The normalized spacial score (nSPS) is 11.5. The first-order valence-electron chi connectivity index (χ1n) is 10.3. The number of allylic oxidation sites excluding steroid dienone is 1. The number of para-hydroxylation sites is 1. The van der Waals surface area contributed by atoms with Gasteiger partial charge in [0.25, 0.3) is 5.56 Å². The molecule has 0 atom stereocenters. The average molecular weight is 436 g/mol. The standard InChI is InChI=1S/C23H25N5O2S/c1-5-11-26-15(3)13-18(16(26)4)20(29)14-31-23-25-24-22-27(12-6-2)21(30)17-9-7-8-10-19(17)28(22)23/h5,7-10,13H,1,6,11-12,14H2,2-4H3. The van der Waals surface area contributed by atoms with Crippen molar-refractivity contribution in [2.45, 2.75) is 45.4 Å². The second-order valence-electron chi connectivity index (χ2n) is 7.49. The van der Waals surface area contributed by atoms with Gasteiger partial charge in [-0.2, -0.15) is 0 Å². The smallest absolute Gasteiger partial charge is 0.262 e. The highest BCUT2D eigenvalue weighted by Crippen LogP contribution is 2.24. The van der Waals surface area contributed by atoms with Gasteiger partial charge >= 0.3 is 0 Å². The second kappa shape index (κ2) is 8.55. The summed E-state index contributed by atoms with van der Waals surface area (Å²) in [5.41, 5.74) is 3.37. The topological polar surface area (TPSA) is 74.2 Å². The van der Waals surface area contributed by atoms with Gasteiger partial charge in [0.1, 0.15) is 0 Å². The number of benzene rings is 1. The first-order valence-corrected chi connectivity index (χ1v) is 11.3. The van der Waals surface area contributed by atoms with Gasteiger partial charge < -0.3 is 4.57 Å². The van der Waals surface area contributed by atoms with E-state index in [1.807, 2.05) is 61.6 Å². The third-order valence-electron chi connectivity index (χ3n) is 5.44. The minimum atomic E-state index is -0.0698. The summed E-state index contributed by atoms with van der Waals surface area (Å²) in [6, 6.07) is 9.37. The molecule has 8 heteroatoms. The van der Waals surface area contributed by atoms with Gasteiger partial charge in [-0.3, -0.25) is 18.6 Å². The number of aryl methyl sites for hydroxylation is 2. The van der Waals surface area contributed by atoms with E-state index in [2.05, 4.69) is 21.3 Å². The van der Waals surface area contributed by atoms with Crippen LogP contribution in [0.5, 0.6) is 0 Å².